The van der Waals surface area contributed by atoms with E-state index < -0.39 is 9.84 Å². The number of hydrogen-bond acceptors (Lipinski definition) is 6. The maximum absolute atomic E-state index is 12.1. The van der Waals surface area contributed by atoms with Crippen molar-refractivity contribution in [1.29, 1.82) is 0 Å². The van der Waals surface area contributed by atoms with Crippen molar-refractivity contribution in [2.24, 2.45) is 0 Å². The highest BCUT2D eigenvalue weighted by molar-refractivity contribution is 7.91. The van der Waals surface area contributed by atoms with Gasteiger partial charge in [-0.3, -0.25) is 9.69 Å². The number of sulfone groups is 1. The number of aromatic nitrogens is 1. The number of nitrogens with zero attached hydrogens (tertiary/aromatic N) is 2. The van der Waals surface area contributed by atoms with E-state index in [0.29, 0.717) is 13.0 Å². The van der Waals surface area contributed by atoms with Crippen molar-refractivity contribution in [3.63, 3.8) is 0 Å². The number of thiazole rings is 1. The molecule has 1 unspecified atom stereocenters. The van der Waals surface area contributed by atoms with Crippen molar-refractivity contribution in [1.82, 2.24) is 15.2 Å². The molecule has 0 radical (unpaired) electrons. The lowest BCUT2D eigenvalue weighted by Gasteiger charge is -2.17. The number of nitrogens with one attached hydrogen (secondary N) is 1. The van der Waals surface area contributed by atoms with Gasteiger partial charge in [0.25, 0.3) is 0 Å². The molecule has 0 spiro atoms. The Kier molecular flexibility index (Phi) is 5.51. The van der Waals surface area contributed by atoms with Gasteiger partial charge in [-0.05, 0) is 13.5 Å². The van der Waals surface area contributed by atoms with Crippen LogP contribution in [0.15, 0.2) is 36.5 Å². The lowest BCUT2D eigenvalue weighted by Crippen LogP contribution is -2.41. The molecule has 1 aliphatic rings. The zero-order chi connectivity index (χ0) is 17.9. The molecule has 0 bridgehead atoms. The van der Waals surface area contributed by atoms with Gasteiger partial charge in [-0.15, -0.1) is 11.3 Å². The largest absolute Gasteiger partial charge is 0.351 e. The maximum atomic E-state index is 12.1. The van der Waals surface area contributed by atoms with E-state index in [-0.39, 0.29) is 30.0 Å². The van der Waals surface area contributed by atoms with Crippen molar-refractivity contribution in [3.8, 4) is 10.6 Å². The van der Waals surface area contributed by atoms with Gasteiger partial charge < -0.3 is 5.32 Å². The molecule has 8 heteroatoms. The van der Waals surface area contributed by atoms with E-state index in [0.717, 1.165) is 15.4 Å². The highest BCUT2D eigenvalue weighted by Crippen LogP contribution is 2.25. The van der Waals surface area contributed by atoms with Gasteiger partial charge in [0.15, 0.2) is 9.84 Å². The molecule has 1 aliphatic heterocycles. The normalized spacial score (nSPS) is 19.2. The monoisotopic (exact) mass is 379 g/mol. The highest BCUT2D eigenvalue weighted by Gasteiger charge is 2.28. The van der Waals surface area contributed by atoms with E-state index >= 15 is 0 Å². The van der Waals surface area contributed by atoms with Crippen LogP contribution in [0.4, 0.5) is 0 Å². The SMILES string of the molecule is CN(CC(=O)NC1CCS(=O)(=O)C1)Cc1cnc(-c2ccccc2)s1. The first-order chi connectivity index (χ1) is 11.9. The molecule has 1 amide bonds. The molecule has 134 valence electrons. The van der Waals surface area contributed by atoms with E-state index in [1.54, 1.807) is 11.3 Å². The summed E-state index contributed by atoms with van der Waals surface area (Å²) in [5, 5.41) is 3.77. The number of likely N-dealkylation sites (N-methyl/N-ethyl adjacent to an activating group) is 1. The summed E-state index contributed by atoms with van der Waals surface area (Å²) in [4.78, 5) is 19.5. The average molecular weight is 380 g/mol. The molecule has 1 fully saturated rings. The number of carbonyl (C=O) groups is 1. The smallest absolute Gasteiger partial charge is 0.234 e. The topological polar surface area (TPSA) is 79.4 Å². The van der Waals surface area contributed by atoms with Crippen LogP contribution in [-0.4, -0.2) is 55.3 Å². The minimum Gasteiger partial charge on any atom is -0.351 e. The summed E-state index contributed by atoms with van der Waals surface area (Å²) in [6.07, 6.45) is 2.35. The fourth-order valence-corrected chi connectivity index (χ4v) is 5.52. The third-order valence-electron chi connectivity index (χ3n) is 4.01. The number of benzene rings is 1. The van der Waals surface area contributed by atoms with Gasteiger partial charge in [-0.25, -0.2) is 13.4 Å². The molecule has 6 nitrogen and oxygen atoms in total. The zero-order valence-electron chi connectivity index (χ0n) is 14.0. The first-order valence-electron chi connectivity index (χ1n) is 8.10. The second-order valence-electron chi connectivity index (χ2n) is 6.34. The zero-order valence-corrected chi connectivity index (χ0v) is 15.6. The van der Waals surface area contributed by atoms with Gasteiger partial charge >= 0.3 is 0 Å². The molecule has 1 saturated heterocycles. The molecule has 1 atom stereocenters. The third-order valence-corrected chi connectivity index (χ3v) is 6.81. The fourth-order valence-electron chi connectivity index (χ4n) is 2.84. The number of rotatable bonds is 6. The summed E-state index contributed by atoms with van der Waals surface area (Å²) < 4.78 is 22.9. The first-order valence-corrected chi connectivity index (χ1v) is 10.7. The standard InChI is InChI=1S/C17H21N3O3S2/c1-20(11-16(21)19-14-7-8-25(22,23)12-14)10-15-9-18-17(24-15)13-5-3-2-4-6-13/h2-6,9,14H,7-8,10-12H2,1H3,(H,19,21). The fraction of sp³-hybridized carbons (Fsp3) is 0.412. The summed E-state index contributed by atoms with van der Waals surface area (Å²) in [5.41, 5.74) is 1.08. The Morgan fingerprint density at radius 2 is 2.12 bits per heavy atom. The molecular formula is C17H21N3O3S2. The maximum Gasteiger partial charge on any atom is 0.234 e. The van der Waals surface area contributed by atoms with Gasteiger partial charge in [0.05, 0.1) is 18.1 Å². The summed E-state index contributed by atoms with van der Waals surface area (Å²) in [5.74, 6) is 0.0756. The van der Waals surface area contributed by atoms with Gasteiger partial charge in [-0.2, -0.15) is 0 Å². The van der Waals surface area contributed by atoms with Crippen LogP contribution in [0, 0.1) is 0 Å². The van der Waals surface area contributed by atoms with Crippen LogP contribution in [0.2, 0.25) is 0 Å². The van der Waals surface area contributed by atoms with E-state index in [1.807, 2.05) is 48.5 Å². The van der Waals surface area contributed by atoms with Gasteiger partial charge in [0, 0.05) is 29.2 Å². The first kappa shape index (κ1) is 18.0. The van der Waals surface area contributed by atoms with E-state index in [4.69, 9.17) is 0 Å². The number of amides is 1. The summed E-state index contributed by atoms with van der Waals surface area (Å²) in [6.45, 7) is 0.857. The molecule has 2 heterocycles. The summed E-state index contributed by atoms with van der Waals surface area (Å²) in [6, 6.07) is 9.73. The van der Waals surface area contributed by atoms with E-state index in [1.165, 1.54) is 0 Å². The van der Waals surface area contributed by atoms with Crippen molar-refractivity contribution in [3.05, 3.63) is 41.4 Å². The Hall–Kier alpha value is -1.77. The van der Waals surface area contributed by atoms with Crippen LogP contribution in [0.3, 0.4) is 0 Å². The molecule has 1 N–H and O–H groups in total. The van der Waals surface area contributed by atoms with Crippen molar-refractivity contribution < 1.29 is 13.2 Å². The predicted molar refractivity (Wildman–Crippen MR) is 99.1 cm³/mol. The average Bonchev–Trinajstić information content (AvgIpc) is 3.14. The predicted octanol–water partition coefficient (Wildman–Crippen LogP) is 1.55. The second kappa shape index (κ2) is 7.63. The lowest BCUT2D eigenvalue weighted by atomic mass is 10.2. The molecule has 1 aromatic heterocycles. The van der Waals surface area contributed by atoms with E-state index in [2.05, 4.69) is 10.3 Å². The molecule has 25 heavy (non-hydrogen) atoms. The van der Waals surface area contributed by atoms with Gasteiger partial charge in [0.1, 0.15) is 5.01 Å². The van der Waals surface area contributed by atoms with Crippen LogP contribution in [0.5, 0.6) is 0 Å². The lowest BCUT2D eigenvalue weighted by molar-refractivity contribution is -0.122. The minimum atomic E-state index is -2.98. The molecule has 2 aromatic rings. The quantitative estimate of drug-likeness (QED) is 0.824. The Morgan fingerprint density at radius 1 is 1.36 bits per heavy atom. The van der Waals surface area contributed by atoms with Crippen LogP contribution in [-0.2, 0) is 21.2 Å². The third kappa shape index (κ3) is 5.10. The van der Waals surface area contributed by atoms with Crippen LogP contribution in [0.25, 0.3) is 10.6 Å². The van der Waals surface area contributed by atoms with Crippen LogP contribution in [0.1, 0.15) is 11.3 Å². The van der Waals surface area contributed by atoms with Gasteiger partial charge in [0.2, 0.25) is 5.91 Å². The Labute approximate surface area is 151 Å². The Bertz CT molecular complexity index is 834. The highest BCUT2D eigenvalue weighted by atomic mass is 32.2. The van der Waals surface area contributed by atoms with Crippen LogP contribution >= 0.6 is 11.3 Å². The van der Waals surface area contributed by atoms with Crippen molar-refractivity contribution >= 4 is 27.1 Å². The van der Waals surface area contributed by atoms with Gasteiger partial charge in [-0.1, -0.05) is 30.3 Å². The van der Waals surface area contributed by atoms with E-state index in [9.17, 15) is 13.2 Å². The molecule has 3 rings (SSSR count). The molecule has 1 aromatic carbocycles. The molecular weight excluding hydrogens is 358 g/mol. The second-order valence-corrected chi connectivity index (χ2v) is 9.68. The number of hydrogen-bond donors (Lipinski definition) is 1. The van der Waals surface area contributed by atoms with Crippen molar-refractivity contribution in [2.75, 3.05) is 25.1 Å². The molecule has 0 aliphatic carbocycles. The Morgan fingerprint density at radius 3 is 2.80 bits per heavy atom. The van der Waals surface area contributed by atoms with Crippen molar-refractivity contribution in [2.45, 2.75) is 19.0 Å². The summed E-state index contributed by atoms with van der Waals surface area (Å²) in [7, 11) is -1.11. The Balaban J connectivity index is 1.50. The minimum absolute atomic E-state index is 0.0533. The number of carbonyl (C=O) groups excluding carboxylic acids is 1. The molecule has 0 saturated carbocycles. The summed E-state index contributed by atoms with van der Waals surface area (Å²) >= 11 is 1.61. The van der Waals surface area contributed by atoms with Crippen LogP contribution < -0.4 is 5.32 Å².